The van der Waals surface area contributed by atoms with Crippen molar-refractivity contribution >= 4 is 45.3 Å². The molecule has 5 N–H and O–H groups in total. The summed E-state index contributed by atoms with van der Waals surface area (Å²) in [6.45, 7) is 1.58. The van der Waals surface area contributed by atoms with Crippen LogP contribution in [0.5, 0.6) is 0 Å². The van der Waals surface area contributed by atoms with Crippen LogP contribution in [0.2, 0.25) is 5.02 Å². The molecule has 1 aromatic heterocycles. The van der Waals surface area contributed by atoms with Gasteiger partial charge in [0.25, 0.3) is 0 Å². The van der Waals surface area contributed by atoms with Gasteiger partial charge in [-0.3, -0.25) is 4.79 Å². The summed E-state index contributed by atoms with van der Waals surface area (Å²) in [5.41, 5.74) is 2.28. The number of aliphatic hydroxyl groups excluding tert-OH is 3. The second-order valence-electron chi connectivity index (χ2n) is 7.51. The Morgan fingerprint density at radius 2 is 1.77 bits per heavy atom. The number of H-pyrrole nitrogens is 1. The number of aromatic nitrogens is 1. The van der Waals surface area contributed by atoms with Crippen LogP contribution in [0.15, 0.2) is 36.4 Å². The third-order valence-electron chi connectivity index (χ3n) is 5.48. The molecule has 0 spiro atoms. The predicted molar refractivity (Wildman–Crippen MR) is 110 cm³/mol. The summed E-state index contributed by atoms with van der Waals surface area (Å²) in [7, 11) is 0. The number of carboxylic acid groups (broad SMARTS) is 1. The third-order valence-corrected chi connectivity index (χ3v) is 5.72. The van der Waals surface area contributed by atoms with Gasteiger partial charge in [0, 0.05) is 26.8 Å². The lowest BCUT2D eigenvalue weighted by atomic mass is 9.98. The SMILES string of the molecule is C[C@@H](C(=O)O[C@@H]1O[C@H](C(=O)O)[C@@H](O)[C@H](O)[C@H]1O)c1ccc2c(c1)[nH]c1ccc(Cl)cc12. The average molecular weight is 450 g/mol. The number of benzene rings is 2. The smallest absolute Gasteiger partial charge is 0.335 e. The number of rotatable bonds is 4. The van der Waals surface area contributed by atoms with Gasteiger partial charge in [0.1, 0.15) is 18.3 Å². The maximum atomic E-state index is 12.6. The minimum atomic E-state index is -1.86. The number of ether oxygens (including phenoxy) is 2. The van der Waals surface area contributed by atoms with Crippen LogP contribution in [-0.2, 0) is 19.1 Å². The molecule has 2 aromatic carbocycles. The summed E-state index contributed by atoms with van der Waals surface area (Å²) in [5.74, 6) is -3.14. The number of hydrogen-bond donors (Lipinski definition) is 5. The van der Waals surface area contributed by atoms with E-state index in [1.165, 1.54) is 0 Å². The highest BCUT2D eigenvalue weighted by molar-refractivity contribution is 6.31. The first kappa shape index (κ1) is 21.5. The second-order valence-corrected chi connectivity index (χ2v) is 7.95. The number of carbonyl (C=O) groups excluding carboxylic acids is 1. The summed E-state index contributed by atoms with van der Waals surface area (Å²) in [5, 5.41) is 41.2. The fourth-order valence-electron chi connectivity index (χ4n) is 3.66. The zero-order valence-electron chi connectivity index (χ0n) is 16.2. The number of aliphatic carboxylic acids is 1. The van der Waals surface area contributed by atoms with Crippen molar-refractivity contribution in [3.8, 4) is 0 Å². The number of aliphatic hydroxyl groups is 3. The van der Waals surface area contributed by atoms with E-state index in [0.717, 1.165) is 21.8 Å². The van der Waals surface area contributed by atoms with Gasteiger partial charge < -0.3 is 34.9 Å². The Bertz CT molecular complexity index is 1160. The quantitative estimate of drug-likeness (QED) is 0.376. The van der Waals surface area contributed by atoms with Crippen molar-refractivity contribution in [3.05, 3.63) is 47.0 Å². The van der Waals surface area contributed by atoms with Crippen LogP contribution in [0.25, 0.3) is 21.8 Å². The number of carbonyl (C=O) groups is 2. The zero-order chi connectivity index (χ0) is 22.4. The van der Waals surface area contributed by atoms with E-state index in [-0.39, 0.29) is 0 Å². The van der Waals surface area contributed by atoms with Gasteiger partial charge in [-0.05, 0) is 36.8 Å². The Kier molecular flexibility index (Phi) is 5.63. The van der Waals surface area contributed by atoms with Gasteiger partial charge in [-0.25, -0.2) is 4.79 Å². The zero-order valence-corrected chi connectivity index (χ0v) is 17.0. The Hall–Kier alpha value is -2.69. The molecule has 3 aromatic rings. The first-order valence-electron chi connectivity index (χ1n) is 9.51. The Labute approximate surface area is 180 Å². The second kappa shape index (κ2) is 8.10. The monoisotopic (exact) mass is 449 g/mol. The minimum absolute atomic E-state index is 0.604. The highest BCUT2D eigenvalue weighted by atomic mass is 35.5. The minimum Gasteiger partial charge on any atom is -0.479 e. The molecule has 1 aliphatic heterocycles. The van der Waals surface area contributed by atoms with Crippen LogP contribution < -0.4 is 0 Å². The summed E-state index contributed by atoms with van der Waals surface area (Å²) in [4.78, 5) is 27.1. The standard InChI is InChI=1S/C21H20ClNO8/c1-8(20(29)31-21-17(26)15(24)16(25)18(30-21)19(27)28)9-2-4-11-12-7-10(22)3-5-13(12)23-14(11)6-9/h2-8,15-18,21,23-26H,1H3,(H,27,28)/t8-,15+,16+,17-,18+,21+/m1/s1. The lowest BCUT2D eigenvalue weighted by Crippen LogP contribution is -2.60. The van der Waals surface area contributed by atoms with Crippen molar-refractivity contribution in [2.24, 2.45) is 0 Å². The summed E-state index contributed by atoms with van der Waals surface area (Å²) in [6.07, 6.45) is -9.10. The van der Waals surface area contributed by atoms with E-state index in [2.05, 4.69) is 4.98 Å². The van der Waals surface area contributed by atoms with Gasteiger partial charge >= 0.3 is 11.9 Å². The number of hydrogen-bond acceptors (Lipinski definition) is 7. The van der Waals surface area contributed by atoms with Gasteiger partial charge in [-0.1, -0.05) is 23.7 Å². The van der Waals surface area contributed by atoms with Crippen LogP contribution >= 0.6 is 11.6 Å². The molecule has 0 aliphatic carbocycles. The number of aromatic amines is 1. The molecule has 6 atom stereocenters. The number of esters is 1. The molecule has 1 aliphatic rings. The maximum absolute atomic E-state index is 12.6. The molecule has 0 radical (unpaired) electrons. The van der Waals surface area contributed by atoms with Crippen LogP contribution in [0.4, 0.5) is 0 Å². The largest absolute Gasteiger partial charge is 0.479 e. The molecular weight excluding hydrogens is 430 g/mol. The molecule has 164 valence electrons. The van der Waals surface area contributed by atoms with E-state index < -0.39 is 48.6 Å². The first-order valence-corrected chi connectivity index (χ1v) is 9.89. The predicted octanol–water partition coefficient (Wildman–Crippen LogP) is 1.51. The van der Waals surface area contributed by atoms with Crippen molar-refractivity contribution in [2.45, 2.75) is 43.5 Å². The van der Waals surface area contributed by atoms with E-state index >= 15 is 0 Å². The molecule has 0 unspecified atom stereocenters. The molecule has 9 nitrogen and oxygen atoms in total. The third kappa shape index (κ3) is 3.86. The number of carboxylic acids is 1. The van der Waals surface area contributed by atoms with E-state index in [9.17, 15) is 24.9 Å². The molecule has 1 fully saturated rings. The molecule has 4 rings (SSSR count). The number of nitrogens with one attached hydrogen (secondary N) is 1. The molecule has 1 saturated heterocycles. The molecule has 0 bridgehead atoms. The van der Waals surface area contributed by atoms with Gasteiger partial charge in [0.15, 0.2) is 6.10 Å². The van der Waals surface area contributed by atoms with E-state index in [1.54, 1.807) is 25.1 Å². The fourth-order valence-corrected chi connectivity index (χ4v) is 3.84. The van der Waals surface area contributed by atoms with E-state index in [4.69, 9.17) is 26.2 Å². The molecule has 0 saturated carbocycles. The molecule has 0 amide bonds. The van der Waals surface area contributed by atoms with Crippen LogP contribution in [0.1, 0.15) is 18.4 Å². The molecule has 10 heteroatoms. The molecule has 31 heavy (non-hydrogen) atoms. The molecular formula is C21H20ClNO8. The summed E-state index contributed by atoms with van der Waals surface area (Å²) >= 11 is 6.08. The van der Waals surface area contributed by atoms with Crippen molar-refractivity contribution in [2.75, 3.05) is 0 Å². The first-order chi connectivity index (χ1) is 14.7. The van der Waals surface area contributed by atoms with Crippen molar-refractivity contribution in [1.29, 1.82) is 0 Å². The van der Waals surface area contributed by atoms with Crippen LogP contribution in [0.3, 0.4) is 0 Å². The number of halogens is 1. The van der Waals surface area contributed by atoms with Gasteiger partial charge in [0.05, 0.1) is 5.92 Å². The van der Waals surface area contributed by atoms with Crippen LogP contribution in [0, 0.1) is 0 Å². The van der Waals surface area contributed by atoms with E-state index in [1.807, 2.05) is 18.2 Å². The van der Waals surface area contributed by atoms with Crippen LogP contribution in [-0.4, -0.2) is 68.1 Å². The number of fused-ring (bicyclic) bond motifs is 3. The normalized spacial score (nSPS) is 27.3. The van der Waals surface area contributed by atoms with E-state index in [0.29, 0.717) is 10.6 Å². The molecule has 2 heterocycles. The highest BCUT2D eigenvalue weighted by Gasteiger charge is 2.48. The van der Waals surface area contributed by atoms with Crippen molar-refractivity contribution in [3.63, 3.8) is 0 Å². The van der Waals surface area contributed by atoms with Gasteiger partial charge in [-0.15, -0.1) is 0 Å². The highest BCUT2D eigenvalue weighted by Crippen LogP contribution is 2.31. The lowest BCUT2D eigenvalue weighted by molar-refractivity contribution is -0.286. The average Bonchev–Trinajstić information content (AvgIpc) is 3.10. The lowest BCUT2D eigenvalue weighted by Gasteiger charge is -2.38. The summed E-state index contributed by atoms with van der Waals surface area (Å²) < 4.78 is 10.1. The fraction of sp³-hybridized carbons (Fsp3) is 0.333. The summed E-state index contributed by atoms with van der Waals surface area (Å²) in [6, 6.07) is 10.8. The Morgan fingerprint density at radius 3 is 2.48 bits per heavy atom. The van der Waals surface area contributed by atoms with Crippen molar-refractivity contribution in [1.82, 2.24) is 4.98 Å². The Balaban J connectivity index is 1.55. The van der Waals surface area contributed by atoms with Crippen molar-refractivity contribution < 1.29 is 39.5 Å². The topological polar surface area (TPSA) is 149 Å². The van der Waals surface area contributed by atoms with Gasteiger partial charge in [-0.2, -0.15) is 0 Å². The van der Waals surface area contributed by atoms with Gasteiger partial charge in [0.2, 0.25) is 6.29 Å². The maximum Gasteiger partial charge on any atom is 0.335 e. The Morgan fingerprint density at radius 1 is 1.03 bits per heavy atom.